The topological polar surface area (TPSA) is 29.5 Å². The van der Waals surface area contributed by atoms with Crippen LogP contribution in [0.5, 0.6) is 5.75 Å². The quantitative estimate of drug-likeness (QED) is 0.834. The molecule has 1 amide bonds. The van der Waals surface area contributed by atoms with Gasteiger partial charge < -0.3 is 9.64 Å². The van der Waals surface area contributed by atoms with Crippen LogP contribution in [0.1, 0.15) is 18.9 Å². The van der Waals surface area contributed by atoms with E-state index in [2.05, 4.69) is 4.74 Å². The summed E-state index contributed by atoms with van der Waals surface area (Å²) in [6.45, 7) is 1.77. The van der Waals surface area contributed by atoms with Crippen molar-refractivity contribution < 1.29 is 22.7 Å². The molecule has 100 valence electrons. The van der Waals surface area contributed by atoms with E-state index in [9.17, 15) is 18.0 Å². The second kappa shape index (κ2) is 5.75. The molecule has 0 bridgehead atoms. The summed E-state index contributed by atoms with van der Waals surface area (Å²) in [6, 6.07) is 5.78. The predicted molar refractivity (Wildman–Crippen MR) is 59.9 cm³/mol. The molecule has 0 aliphatic heterocycles. The summed E-state index contributed by atoms with van der Waals surface area (Å²) >= 11 is 0. The third-order valence-electron chi connectivity index (χ3n) is 2.33. The zero-order valence-corrected chi connectivity index (χ0v) is 10.1. The maximum atomic E-state index is 12.2. The van der Waals surface area contributed by atoms with Crippen LogP contribution in [0.3, 0.4) is 0 Å². The highest BCUT2D eigenvalue weighted by molar-refractivity contribution is 5.75. The van der Waals surface area contributed by atoms with Gasteiger partial charge in [-0.05, 0) is 6.07 Å². The van der Waals surface area contributed by atoms with Crippen molar-refractivity contribution in [2.24, 2.45) is 0 Å². The summed E-state index contributed by atoms with van der Waals surface area (Å²) < 4.78 is 40.5. The Balaban J connectivity index is 2.85. The minimum absolute atomic E-state index is 0.0823. The van der Waals surface area contributed by atoms with Crippen LogP contribution in [0.2, 0.25) is 0 Å². The highest BCUT2D eigenvalue weighted by atomic mass is 19.4. The van der Waals surface area contributed by atoms with E-state index in [0.29, 0.717) is 12.0 Å². The first-order valence-electron chi connectivity index (χ1n) is 5.41. The Morgan fingerprint density at radius 2 is 1.94 bits per heavy atom. The van der Waals surface area contributed by atoms with Crippen LogP contribution < -0.4 is 4.74 Å². The summed E-state index contributed by atoms with van der Waals surface area (Å²) in [5.41, 5.74) is 0.319. The molecule has 1 rings (SSSR count). The van der Waals surface area contributed by atoms with E-state index in [-0.39, 0.29) is 18.2 Å². The minimum Gasteiger partial charge on any atom is -0.405 e. The van der Waals surface area contributed by atoms with Crippen molar-refractivity contribution in [3.63, 3.8) is 0 Å². The first-order valence-corrected chi connectivity index (χ1v) is 5.41. The van der Waals surface area contributed by atoms with Gasteiger partial charge in [-0.25, -0.2) is 0 Å². The Bertz CT molecular complexity index is 418. The summed E-state index contributed by atoms with van der Waals surface area (Å²) in [7, 11) is 1.54. The number of nitrogens with zero attached hydrogens (tertiary/aromatic N) is 1. The molecule has 0 aliphatic carbocycles. The lowest BCUT2D eigenvalue weighted by molar-refractivity contribution is -0.274. The number of carbonyl (C=O) groups is 1. The van der Waals surface area contributed by atoms with Gasteiger partial charge in [0.1, 0.15) is 5.75 Å². The van der Waals surface area contributed by atoms with Crippen LogP contribution in [0.4, 0.5) is 13.2 Å². The number of rotatable bonds is 4. The van der Waals surface area contributed by atoms with Gasteiger partial charge in [-0.2, -0.15) is 0 Å². The smallest absolute Gasteiger partial charge is 0.405 e. The number of halogens is 3. The monoisotopic (exact) mass is 261 g/mol. The Morgan fingerprint density at radius 1 is 1.33 bits per heavy atom. The molecular formula is C12H14F3NO2. The molecule has 0 fully saturated rings. The van der Waals surface area contributed by atoms with Crippen LogP contribution in [0.25, 0.3) is 0 Å². The Kier molecular flexibility index (Phi) is 4.58. The molecule has 6 heteroatoms. The Hall–Kier alpha value is -1.72. The molecule has 0 aliphatic rings. The molecule has 18 heavy (non-hydrogen) atoms. The number of hydrogen-bond acceptors (Lipinski definition) is 2. The molecule has 0 radical (unpaired) electrons. The molecule has 1 aromatic rings. The summed E-state index contributed by atoms with van der Waals surface area (Å²) in [4.78, 5) is 12.7. The van der Waals surface area contributed by atoms with Crippen LogP contribution in [-0.2, 0) is 11.3 Å². The number of alkyl halides is 3. The second-order valence-electron chi connectivity index (χ2n) is 3.76. The third-order valence-corrected chi connectivity index (χ3v) is 2.33. The van der Waals surface area contributed by atoms with E-state index >= 15 is 0 Å². The van der Waals surface area contributed by atoms with E-state index < -0.39 is 6.36 Å². The lowest BCUT2D eigenvalue weighted by atomic mass is 10.2. The van der Waals surface area contributed by atoms with Crippen molar-refractivity contribution >= 4 is 5.91 Å². The highest BCUT2D eigenvalue weighted by Crippen LogP contribution is 2.26. The molecule has 0 aromatic heterocycles. The average molecular weight is 261 g/mol. The normalized spacial score (nSPS) is 11.2. The first-order chi connectivity index (χ1) is 8.33. The number of amides is 1. The van der Waals surface area contributed by atoms with Gasteiger partial charge in [0, 0.05) is 25.6 Å². The zero-order chi connectivity index (χ0) is 13.8. The number of ether oxygens (including phenoxy) is 1. The van der Waals surface area contributed by atoms with E-state index in [1.54, 1.807) is 13.0 Å². The van der Waals surface area contributed by atoms with Crippen molar-refractivity contribution in [2.45, 2.75) is 26.3 Å². The van der Waals surface area contributed by atoms with Crippen molar-refractivity contribution in [2.75, 3.05) is 7.05 Å². The van der Waals surface area contributed by atoms with Crippen molar-refractivity contribution in [3.8, 4) is 5.75 Å². The fourth-order valence-electron chi connectivity index (χ4n) is 1.47. The average Bonchev–Trinajstić information content (AvgIpc) is 2.28. The maximum absolute atomic E-state index is 12.2. The summed E-state index contributed by atoms with van der Waals surface area (Å²) in [6.07, 6.45) is -4.43. The summed E-state index contributed by atoms with van der Waals surface area (Å²) in [5, 5.41) is 0. The molecule has 0 spiro atoms. The molecule has 0 saturated heterocycles. The number of benzene rings is 1. The molecule has 0 heterocycles. The Morgan fingerprint density at radius 3 is 2.50 bits per heavy atom. The van der Waals surface area contributed by atoms with E-state index in [0.717, 1.165) is 0 Å². The van der Waals surface area contributed by atoms with Gasteiger partial charge in [0.25, 0.3) is 0 Å². The van der Waals surface area contributed by atoms with Gasteiger partial charge >= 0.3 is 6.36 Å². The molecule has 0 atom stereocenters. The van der Waals surface area contributed by atoms with Gasteiger partial charge in [-0.1, -0.05) is 25.1 Å². The predicted octanol–water partition coefficient (Wildman–Crippen LogP) is 2.95. The van der Waals surface area contributed by atoms with Crippen LogP contribution in [-0.4, -0.2) is 24.2 Å². The first kappa shape index (κ1) is 14.3. The molecular weight excluding hydrogens is 247 g/mol. The molecule has 0 N–H and O–H groups in total. The van der Waals surface area contributed by atoms with E-state index in [1.165, 1.54) is 30.1 Å². The maximum Gasteiger partial charge on any atom is 0.573 e. The number of para-hydroxylation sites is 1. The largest absolute Gasteiger partial charge is 0.573 e. The highest BCUT2D eigenvalue weighted by Gasteiger charge is 2.32. The second-order valence-corrected chi connectivity index (χ2v) is 3.76. The minimum atomic E-state index is -4.73. The SMILES string of the molecule is CCC(=O)N(C)Cc1ccccc1OC(F)(F)F. The van der Waals surface area contributed by atoms with E-state index in [4.69, 9.17) is 0 Å². The number of carbonyl (C=O) groups excluding carboxylic acids is 1. The third kappa shape index (κ3) is 4.27. The van der Waals surface area contributed by atoms with Gasteiger partial charge in [0.05, 0.1) is 0 Å². The summed E-state index contributed by atoms with van der Waals surface area (Å²) in [5.74, 6) is -0.419. The van der Waals surface area contributed by atoms with Gasteiger partial charge in [-0.3, -0.25) is 4.79 Å². The van der Waals surface area contributed by atoms with Crippen LogP contribution in [0, 0.1) is 0 Å². The molecule has 0 saturated carbocycles. The van der Waals surface area contributed by atoms with Gasteiger partial charge in [0.2, 0.25) is 5.91 Å². The molecule has 3 nitrogen and oxygen atoms in total. The van der Waals surface area contributed by atoms with Gasteiger partial charge in [-0.15, -0.1) is 13.2 Å². The van der Waals surface area contributed by atoms with Crippen molar-refractivity contribution in [3.05, 3.63) is 29.8 Å². The standard InChI is InChI=1S/C12H14F3NO2/c1-3-11(17)16(2)8-9-6-4-5-7-10(9)18-12(13,14)15/h4-7H,3,8H2,1-2H3. The van der Waals surface area contributed by atoms with Crippen molar-refractivity contribution in [1.82, 2.24) is 4.90 Å². The van der Waals surface area contributed by atoms with Gasteiger partial charge in [0.15, 0.2) is 0 Å². The fourth-order valence-corrected chi connectivity index (χ4v) is 1.47. The molecule has 1 aromatic carbocycles. The van der Waals surface area contributed by atoms with Crippen LogP contribution >= 0.6 is 0 Å². The number of hydrogen-bond donors (Lipinski definition) is 0. The fraction of sp³-hybridized carbons (Fsp3) is 0.417. The Labute approximate surface area is 103 Å². The lowest BCUT2D eigenvalue weighted by Crippen LogP contribution is -2.26. The zero-order valence-electron chi connectivity index (χ0n) is 10.1. The lowest BCUT2D eigenvalue weighted by Gasteiger charge is -2.19. The molecule has 0 unspecified atom stereocenters. The van der Waals surface area contributed by atoms with Crippen molar-refractivity contribution in [1.29, 1.82) is 0 Å². The van der Waals surface area contributed by atoms with E-state index in [1.807, 2.05) is 0 Å². The van der Waals surface area contributed by atoms with Crippen LogP contribution in [0.15, 0.2) is 24.3 Å².